The highest BCUT2D eigenvalue weighted by Crippen LogP contribution is 2.26. The number of nitrogens with zero attached hydrogens (tertiary/aromatic N) is 2. The molecule has 1 amide bonds. The summed E-state index contributed by atoms with van der Waals surface area (Å²) in [6.45, 7) is 7.87. The number of carbonyl (C=O) groups excluding carboxylic acids is 1. The zero-order valence-electron chi connectivity index (χ0n) is 13.2. The maximum Gasteiger partial charge on any atom is 0.256 e. The molecule has 116 valence electrons. The van der Waals surface area contributed by atoms with E-state index in [2.05, 4.69) is 22.1 Å². The zero-order valence-corrected chi connectivity index (χ0v) is 13.2. The van der Waals surface area contributed by atoms with Gasteiger partial charge in [0.25, 0.3) is 5.91 Å². The van der Waals surface area contributed by atoms with Crippen LogP contribution in [0.3, 0.4) is 0 Å². The van der Waals surface area contributed by atoms with Crippen LogP contribution >= 0.6 is 0 Å². The van der Waals surface area contributed by atoms with Gasteiger partial charge in [-0.2, -0.15) is 0 Å². The molecule has 1 aliphatic rings. The molecule has 0 radical (unpaired) electrons. The van der Waals surface area contributed by atoms with Gasteiger partial charge in [0.05, 0.1) is 11.7 Å². The number of pyridine rings is 1. The number of carbonyl (C=O) groups is 1. The number of piperidine rings is 1. The van der Waals surface area contributed by atoms with Crippen LogP contribution in [0.2, 0.25) is 0 Å². The van der Waals surface area contributed by atoms with Gasteiger partial charge in [-0.15, -0.1) is 0 Å². The SMILES string of the molecule is CCC1CCCN(c2ncc(C)cc2C(=O)NC(C)N)C1. The summed E-state index contributed by atoms with van der Waals surface area (Å²) in [6.07, 6.45) is 5.05. The van der Waals surface area contributed by atoms with Crippen molar-refractivity contribution in [3.8, 4) is 0 Å². The lowest BCUT2D eigenvalue weighted by molar-refractivity contribution is 0.0941. The quantitative estimate of drug-likeness (QED) is 0.833. The highest BCUT2D eigenvalue weighted by molar-refractivity contribution is 5.99. The Morgan fingerprint density at radius 1 is 1.62 bits per heavy atom. The first-order valence-electron chi connectivity index (χ1n) is 7.79. The monoisotopic (exact) mass is 290 g/mol. The first-order chi connectivity index (χ1) is 10.0. The zero-order chi connectivity index (χ0) is 15.4. The average Bonchev–Trinajstić information content (AvgIpc) is 2.46. The van der Waals surface area contributed by atoms with Gasteiger partial charge in [-0.05, 0) is 44.2 Å². The topological polar surface area (TPSA) is 71.2 Å². The Bertz CT molecular complexity index is 501. The summed E-state index contributed by atoms with van der Waals surface area (Å²) in [6, 6.07) is 1.90. The summed E-state index contributed by atoms with van der Waals surface area (Å²) in [5, 5.41) is 2.76. The molecule has 5 nitrogen and oxygen atoms in total. The molecule has 0 aromatic carbocycles. The second-order valence-electron chi connectivity index (χ2n) is 6.01. The van der Waals surface area contributed by atoms with E-state index in [1.807, 2.05) is 19.2 Å². The smallest absolute Gasteiger partial charge is 0.256 e. The number of anilines is 1. The molecule has 0 bridgehead atoms. The molecule has 0 spiro atoms. The highest BCUT2D eigenvalue weighted by atomic mass is 16.1. The van der Waals surface area contributed by atoms with Crippen LogP contribution in [0.4, 0.5) is 5.82 Å². The first-order valence-corrected chi connectivity index (χ1v) is 7.79. The van der Waals surface area contributed by atoms with Gasteiger partial charge in [0.2, 0.25) is 0 Å². The minimum absolute atomic E-state index is 0.144. The summed E-state index contributed by atoms with van der Waals surface area (Å²) < 4.78 is 0. The molecule has 1 aromatic rings. The summed E-state index contributed by atoms with van der Waals surface area (Å²) in [4.78, 5) is 19.1. The van der Waals surface area contributed by atoms with Gasteiger partial charge in [-0.3, -0.25) is 4.79 Å². The Morgan fingerprint density at radius 3 is 3.05 bits per heavy atom. The molecule has 2 atom stereocenters. The number of amides is 1. The van der Waals surface area contributed by atoms with Crippen LogP contribution in [-0.4, -0.2) is 30.1 Å². The molecule has 2 rings (SSSR count). The van der Waals surface area contributed by atoms with Crippen molar-refractivity contribution < 1.29 is 4.79 Å². The first kappa shape index (κ1) is 15.8. The molecule has 1 aromatic heterocycles. The van der Waals surface area contributed by atoms with Crippen molar-refractivity contribution in [1.82, 2.24) is 10.3 Å². The van der Waals surface area contributed by atoms with E-state index < -0.39 is 0 Å². The van der Waals surface area contributed by atoms with Crippen molar-refractivity contribution in [2.75, 3.05) is 18.0 Å². The fraction of sp³-hybridized carbons (Fsp3) is 0.625. The van der Waals surface area contributed by atoms with Crippen molar-refractivity contribution >= 4 is 11.7 Å². The van der Waals surface area contributed by atoms with Gasteiger partial charge in [0, 0.05) is 19.3 Å². The second kappa shape index (κ2) is 6.89. The minimum Gasteiger partial charge on any atom is -0.356 e. The van der Waals surface area contributed by atoms with Crippen molar-refractivity contribution in [3.63, 3.8) is 0 Å². The maximum absolute atomic E-state index is 12.4. The van der Waals surface area contributed by atoms with Crippen LogP contribution in [0.5, 0.6) is 0 Å². The van der Waals surface area contributed by atoms with E-state index in [1.54, 1.807) is 6.92 Å². The molecule has 3 N–H and O–H groups in total. The Labute approximate surface area is 126 Å². The van der Waals surface area contributed by atoms with E-state index in [9.17, 15) is 4.79 Å². The normalized spacial score (nSPS) is 20.2. The highest BCUT2D eigenvalue weighted by Gasteiger charge is 2.24. The summed E-state index contributed by atoms with van der Waals surface area (Å²) in [5.74, 6) is 1.33. The van der Waals surface area contributed by atoms with Crippen LogP contribution in [0.25, 0.3) is 0 Å². The van der Waals surface area contributed by atoms with Crippen LogP contribution in [0, 0.1) is 12.8 Å². The Hall–Kier alpha value is -1.62. The number of aromatic nitrogens is 1. The molecule has 21 heavy (non-hydrogen) atoms. The molecular weight excluding hydrogens is 264 g/mol. The Balaban J connectivity index is 2.28. The van der Waals surface area contributed by atoms with E-state index in [4.69, 9.17) is 5.73 Å². The molecule has 5 heteroatoms. The molecule has 1 saturated heterocycles. The van der Waals surface area contributed by atoms with Crippen LogP contribution in [0.15, 0.2) is 12.3 Å². The van der Waals surface area contributed by atoms with E-state index in [0.717, 1.165) is 30.9 Å². The molecule has 0 saturated carbocycles. The fourth-order valence-electron chi connectivity index (χ4n) is 2.86. The summed E-state index contributed by atoms with van der Waals surface area (Å²) in [7, 11) is 0. The lowest BCUT2D eigenvalue weighted by Gasteiger charge is -2.34. The third-order valence-corrected chi connectivity index (χ3v) is 4.00. The van der Waals surface area contributed by atoms with E-state index in [0.29, 0.717) is 11.5 Å². The third kappa shape index (κ3) is 3.94. The standard InChI is InChI=1S/C16H26N4O/c1-4-13-6-5-7-20(10-13)15-14(8-11(2)9-18-15)16(21)19-12(3)17/h8-9,12-13H,4-7,10,17H2,1-3H3,(H,19,21). The number of rotatable bonds is 4. The molecule has 1 aliphatic heterocycles. The fourth-order valence-corrected chi connectivity index (χ4v) is 2.86. The molecule has 2 heterocycles. The number of aryl methyl sites for hydroxylation is 1. The van der Waals surface area contributed by atoms with E-state index >= 15 is 0 Å². The van der Waals surface area contributed by atoms with Crippen LogP contribution in [-0.2, 0) is 0 Å². The van der Waals surface area contributed by atoms with Gasteiger partial charge in [0.15, 0.2) is 0 Å². The van der Waals surface area contributed by atoms with Gasteiger partial charge < -0.3 is 16.0 Å². The van der Waals surface area contributed by atoms with Gasteiger partial charge >= 0.3 is 0 Å². The predicted octanol–water partition coefficient (Wildman–Crippen LogP) is 2.05. The van der Waals surface area contributed by atoms with Crippen molar-refractivity contribution in [3.05, 3.63) is 23.4 Å². The van der Waals surface area contributed by atoms with Crippen LogP contribution in [0.1, 0.15) is 49.0 Å². The molecule has 2 unspecified atom stereocenters. The van der Waals surface area contributed by atoms with Crippen molar-refractivity contribution in [2.24, 2.45) is 11.7 Å². The minimum atomic E-state index is -0.365. The number of hydrogen-bond acceptors (Lipinski definition) is 4. The molecule has 1 fully saturated rings. The lowest BCUT2D eigenvalue weighted by atomic mass is 9.95. The largest absolute Gasteiger partial charge is 0.356 e. The van der Waals surface area contributed by atoms with Crippen molar-refractivity contribution in [2.45, 2.75) is 46.2 Å². The number of nitrogens with two attached hydrogens (primary N) is 1. The van der Waals surface area contributed by atoms with Gasteiger partial charge in [-0.25, -0.2) is 4.98 Å². The maximum atomic E-state index is 12.4. The molecule has 0 aliphatic carbocycles. The Kier molecular flexibility index (Phi) is 5.17. The summed E-state index contributed by atoms with van der Waals surface area (Å²) in [5.41, 5.74) is 7.29. The second-order valence-corrected chi connectivity index (χ2v) is 6.01. The van der Waals surface area contributed by atoms with E-state index in [-0.39, 0.29) is 12.1 Å². The molecular formula is C16H26N4O. The third-order valence-electron chi connectivity index (χ3n) is 4.00. The van der Waals surface area contributed by atoms with E-state index in [1.165, 1.54) is 12.8 Å². The van der Waals surface area contributed by atoms with Crippen LogP contribution < -0.4 is 16.0 Å². The number of nitrogens with one attached hydrogen (secondary N) is 1. The Morgan fingerprint density at radius 2 is 2.38 bits per heavy atom. The number of hydrogen-bond donors (Lipinski definition) is 2. The lowest BCUT2D eigenvalue weighted by Crippen LogP contribution is -2.41. The van der Waals surface area contributed by atoms with Crippen molar-refractivity contribution in [1.29, 1.82) is 0 Å². The summed E-state index contributed by atoms with van der Waals surface area (Å²) >= 11 is 0. The predicted molar refractivity (Wildman–Crippen MR) is 85.3 cm³/mol. The van der Waals surface area contributed by atoms with Gasteiger partial charge in [0.1, 0.15) is 5.82 Å². The van der Waals surface area contributed by atoms with Gasteiger partial charge in [-0.1, -0.05) is 13.3 Å². The average molecular weight is 290 g/mol.